The fraction of sp³-hybridized carbons (Fsp3) is 0.857. The molecule has 0 spiro atoms. The number of nitrogens with one attached hydrogen (secondary N) is 1. The van der Waals surface area contributed by atoms with Crippen molar-refractivity contribution in [2.45, 2.75) is 64.8 Å². The lowest BCUT2D eigenvalue weighted by atomic mass is 9.80. The zero-order valence-electron chi connectivity index (χ0n) is 11.7. The minimum absolute atomic E-state index is 0.0272. The molecule has 1 amide bonds. The topological polar surface area (TPSA) is 66.4 Å². The second-order valence-electron chi connectivity index (χ2n) is 6.02. The van der Waals surface area contributed by atoms with Gasteiger partial charge in [0.05, 0.1) is 5.92 Å². The number of carboxylic acid groups (broad SMARTS) is 1. The summed E-state index contributed by atoms with van der Waals surface area (Å²) in [5, 5.41) is 12.1. The summed E-state index contributed by atoms with van der Waals surface area (Å²) in [5.41, 5.74) is -0.192. The third kappa shape index (κ3) is 4.31. The number of hydrogen-bond acceptors (Lipinski definition) is 2. The lowest BCUT2D eigenvalue weighted by molar-refractivity contribution is -0.144. The summed E-state index contributed by atoms with van der Waals surface area (Å²) in [6.45, 7) is 6.13. The molecule has 0 radical (unpaired) electrons. The summed E-state index contributed by atoms with van der Waals surface area (Å²) in [6, 6.07) is 0. The Bertz CT molecular complexity index is 312. The number of carboxylic acids is 1. The molecule has 104 valence electrons. The van der Waals surface area contributed by atoms with Crippen molar-refractivity contribution in [2.24, 2.45) is 11.8 Å². The zero-order valence-corrected chi connectivity index (χ0v) is 11.7. The Labute approximate surface area is 109 Å². The highest BCUT2D eigenvalue weighted by Crippen LogP contribution is 2.30. The van der Waals surface area contributed by atoms with Crippen LogP contribution in [0.4, 0.5) is 0 Å². The average molecular weight is 255 g/mol. The van der Waals surface area contributed by atoms with Crippen LogP contribution < -0.4 is 5.32 Å². The highest BCUT2D eigenvalue weighted by Gasteiger charge is 2.32. The molecule has 0 bridgehead atoms. The molecule has 0 aromatic rings. The van der Waals surface area contributed by atoms with E-state index in [1.165, 1.54) is 0 Å². The molecular weight excluding hydrogens is 230 g/mol. The van der Waals surface area contributed by atoms with E-state index < -0.39 is 5.97 Å². The van der Waals surface area contributed by atoms with Crippen molar-refractivity contribution in [3.05, 3.63) is 0 Å². The normalized spacial score (nSPS) is 24.6. The summed E-state index contributed by atoms with van der Waals surface area (Å²) in [4.78, 5) is 23.1. The van der Waals surface area contributed by atoms with Gasteiger partial charge >= 0.3 is 5.97 Å². The van der Waals surface area contributed by atoms with E-state index in [1.54, 1.807) is 0 Å². The van der Waals surface area contributed by atoms with E-state index in [4.69, 9.17) is 5.11 Å². The highest BCUT2D eigenvalue weighted by atomic mass is 16.4. The number of aliphatic carboxylic acids is 1. The van der Waals surface area contributed by atoms with Gasteiger partial charge in [-0.25, -0.2) is 0 Å². The predicted octanol–water partition coefficient (Wildman–Crippen LogP) is 2.57. The standard InChI is InChI=1S/C14H25NO3/c1-4-8-14(2,3)15-12(16)10-6-5-7-11(9-10)13(17)18/h10-11H,4-9H2,1-3H3,(H,15,16)(H,17,18). The van der Waals surface area contributed by atoms with Crippen LogP contribution in [0.3, 0.4) is 0 Å². The molecule has 1 rings (SSSR count). The van der Waals surface area contributed by atoms with E-state index in [-0.39, 0.29) is 23.3 Å². The van der Waals surface area contributed by atoms with Gasteiger partial charge in [0.25, 0.3) is 0 Å². The second-order valence-corrected chi connectivity index (χ2v) is 6.02. The van der Waals surface area contributed by atoms with Crippen LogP contribution in [0.2, 0.25) is 0 Å². The molecule has 2 unspecified atom stereocenters. The van der Waals surface area contributed by atoms with Crippen molar-refractivity contribution in [1.29, 1.82) is 0 Å². The van der Waals surface area contributed by atoms with Crippen molar-refractivity contribution in [1.82, 2.24) is 5.32 Å². The lowest BCUT2D eigenvalue weighted by Gasteiger charge is -2.31. The summed E-state index contributed by atoms with van der Waals surface area (Å²) < 4.78 is 0. The quantitative estimate of drug-likeness (QED) is 0.793. The molecule has 1 aliphatic carbocycles. The molecule has 0 aromatic carbocycles. The van der Waals surface area contributed by atoms with Gasteiger partial charge < -0.3 is 10.4 Å². The van der Waals surface area contributed by atoms with E-state index in [9.17, 15) is 9.59 Å². The van der Waals surface area contributed by atoms with Crippen molar-refractivity contribution in [2.75, 3.05) is 0 Å². The minimum atomic E-state index is -0.764. The Morgan fingerprint density at radius 2 is 1.89 bits per heavy atom. The molecule has 18 heavy (non-hydrogen) atoms. The number of carbonyl (C=O) groups is 2. The van der Waals surface area contributed by atoms with Crippen molar-refractivity contribution >= 4 is 11.9 Å². The first-order valence-corrected chi connectivity index (χ1v) is 6.90. The Kier molecular flexibility index (Phi) is 5.17. The van der Waals surface area contributed by atoms with Gasteiger partial charge in [0.1, 0.15) is 0 Å². The fourth-order valence-electron chi connectivity index (χ4n) is 2.78. The van der Waals surface area contributed by atoms with E-state index in [0.717, 1.165) is 25.7 Å². The molecule has 0 aliphatic heterocycles. The van der Waals surface area contributed by atoms with E-state index >= 15 is 0 Å². The number of amides is 1. The minimum Gasteiger partial charge on any atom is -0.481 e. The van der Waals surface area contributed by atoms with Gasteiger partial charge in [0.2, 0.25) is 5.91 Å². The van der Waals surface area contributed by atoms with E-state index in [2.05, 4.69) is 12.2 Å². The first kappa shape index (κ1) is 15.0. The number of hydrogen-bond donors (Lipinski definition) is 2. The van der Waals surface area contributed by atoms with Crippen molar-refractivity contribution in [3.63, 3.8) is 0 Å². The second kappa shape index (κ2) is 6.21. The smallest absolute Gasteiger partial charge is 0.306 e. The van der Waals surface area contributed by atoms with Gasteiger partial charge in [-0.3, -0.25) is 9.59 Å². The van der Waals surface area contributed by atoms with Gasteiger partial charge in [0.15, 0.2) is 0 Å². The van der Waals surface area contributed by atoms with Gasteiger partial charge in [0, 0.05) is 11.5 Å². The zero-order chi connectivity index (χ0) is 13.8. The third-order valence-corrected chi connectivity index (χ3v) is 3.73. The molecule has 0 saturated heterocycles. The van der Waals surface area contributed by atoms with Gasteiger partial charge in [-0.15, -0.1) is 0 Å². The number of rotatable bonds is 5. The first-order chi connectivity index (χ1) is 8.35. The molecule has 1 fully saturated rings. The Morgan fingerprint density at radius 3 is 2.44 bits per heavy atom. The fourth-order valence-corrected chi connectivity index (χ4v) is 2.78. The summed E-state index contributed by atoms with van der Waals surface area (Å²) in [5.74, 6) is -1.21. The first-order valence-electron chi connectivity index (χ1n) is 6.90. The maximum absolute atomic E-state index is 12.2. The summed E-state index contributed by atoms with van der Waals surface area (Å²) in [6.07, 6.45) is 4.81. The Balaban J connectivity index is 2.53. The lowest BCUT2D eigenvalue weighted by Crippen LogP contribution is -2.47. The Hall–Kier alpha value is -1.06. The monoisotopic (exact) mass is 255 g/mol. The summed E-state index contributed by atoms with van der Waals surface area (Å²) in [7, 11) is 0. The van der Waals surface area contributed by atoms with Gasteiger partial charge in [-0.05, 0) is 39.5 Å². The van der Waals surface area contributed by atoms with Crippen LogP contribution in [-0.2, 0) is 9.59 Å². The van der Waals surface area contributed by atoms with Crippen LogP contribution in [0, 0.1) is 11.8 Å². The van der Waals surface area contributed by atoms with Crippen LogP contribution >= 0.6 is 0 Å². The van der Waals surface area contributed by atoms with Crippen LogP contribution in [0.1, 0.15) is 59.3 Å². The molecule has 4 heteroatoms. The largest absolute Gasteiger partial charge is 0.481 e. The number of carbonyl (C=O) groups excluding carboxylic acids is 1. The maximum Gasteiger partial charge on any atom is 0.306 e. The molecule has 4 nitrogen and oxygen atoms in total. The molecular formula is C14H25NO3. The third-order valence-electron chi connectivity index (χ3n) is 3.73. The molecule has 0 heterocycles. The van der Waals surface area contributed by atoms with Crippen LogP contribution in [0.5, 0.6) is 0 Å². The van der Waals surface area contributed by atoms with Crippen LogP contribution in [0.25, 0.3) is 0 Å². The van der Waals surface area contributed by atoms with Crippen LogP contribution in [-0.4, -0.2) is 22.5 Å². The van der Waals surface area contributed by atoms with Crippen LogP contribution in [0.15, 0.2) is 0 Å². The van der Waals surface area contributed by atoms with E-state index in [1.807, 2.05) is 13.8 Å². The van der Waals surface area contributed by atoms with Crippen molar-refractivity contribution in [3.8, 4) is 0 Å². The van der Waals surface area contributed by atoms with E-state index in [0.29, 0.717) is 12.8 Å². The highest BCUT2D eigenvalue weighted by molar-refractivity contribution is 5.80. The average Bonchev–Trinajstić information content (AvgIpc) is 2.28. The molecule has 1 saturated carbocycles. The molecule has 2 atom stereocenters. The SMILES string of the molecule is CCCC(C)(C)NC(=O)C1CCCC(C(=O)O)C1. The molecule has 2 N–H and O–H groups in total. The maximum atomic E-state index is 12.2. The predicted molar refractivity (Wildman–Crippen MR) is 70.2 cm³/mol. The molecule has 0 aromatic heterocycles. The van der Waals surface area contributed by atoms with Gasteiger partial charge in [-0.1, -0.05) is 19.8 Å². The van der Waals surface area contributed by atoms with Crippen molar-refractivity contribution < 1.29 is 14.7 Å². The molecule has 1 aliphatic rings. The Morgan fingerprint density at radius 1 is 1.28 bits per heavy atom. The summed E-state index contributed by atoms with van der Waals surface area (Å²) >= 11 is 0. The van der Waals surface area contributed by atoms with Gasteiger partial charge in [-0.2, -0.15) is 0 Å².